The highest BCUT2D eigenvalue weighted by atomic mass is 16.5. The number of hydrogen-bond acceptors (Lipinski definition) is 7. The topological polar surface area (TPSA) is 134 Å². The van der Waals surface area contributed by atoms with Crippen molar-refractivity contribution >= 4 is 0 Å². The van der Waals surface area contributed by atoms with Crippen LogP contribution in [0.15, 0.2) is 0 Å². The number of rotatable bonds is 4. The summed E-state index contributed by atoms with van der Waals surface area (Å²) in [5.74, 6) is 0. The van der Waals surface area contributed by atoms with Gasteiger partial charge in [0.25, 0.3) is 0 Å². The molecule has 1 saturated heterocycles. The molecule has 1 aliphatic heterocycles. The molecular weight excluding hydrogens is 202 g/mol. The summed E-state index contributed by atoms with van der Waals surface area (Å²) in [5.41, 5.74) is 11.0. The number of hydrogen-bond donors (Lipinski definition) is 6. The second-order valence-corrected chi connectivity index (χ2v) is 3.58. The van der Waals surface area contributed by atoms with Crippen molar-refractivity contribution in [2.75, 3.05) is 19.7 Å². The Morgan fingerprint density at radius 1 is 1.27 bits per heavy atom. The first-order chi connectivity index (χ1) is 7.11. The van der Waals surface area contributed by atoms with E-state index in [0.717, 1.165) is 0 Å². The normalized spacial score (nSPS) is 41.8. The zero-order valence-corrected chi connectivity index (χ0v) is 8.41. The van der Waals surface area contributed by atoms with Gasteiger partial charge in [-0.1, -0.05) is 0 Å². The quantitative estimate of drug-likeness (QED) is 0.288. The average molecular weight is 221 g/mol. The van der Waals surface area contributed by atoms with Gasteiger partial charge < -0.3 is 31.5 Å². The van der Waals surface area contributed by atoms with Gasteiger partial charge in [-0.3, -0.25) is 5.32 Å². The van der Waals surface area contributed by atoms with E-state index in [1.807, 2.05) is 0 Å². The fourth-order valence-electron chi connectivity index (χ4n) is 1.55. The van der Waals surface area contributed by atoms with E-state index in [0.29, 0.717) is 13.1 Å². The third-order valence-corrected chi connectivity index (χ3v) is 2.47. The number of nitrogens with two attached hydrogens (primary N) is 2. The highest BCUT2D eigenvalue weighted by molar-refractivity contribution is 4.93. The molecule has 7 nitrogen and oxygen atoms in total. The molecule has 5 atom stereocenters. The molecule has 0 aromatic rings. The van der Waals surface area contributed by atoms with E-state index in [1.54, 1.807) is 0 Å². The summed E-state index contributed by atoms with van der Waals surface area (Å²) in [6, 6.07) is -0.741. The molecule has 0 saturated carbocycles. The largest absolute Gasteiger partial charge is 0.394 e. The lowest BCUT2D eigenvalue weighted by Crippen LogP contribution is -2.65. The Morgan fingerprint density at radius 2 is 1.93 bits per heavy atom. The van der Waals surface area contributed by atoms with E-state index in [9.17, 15) is 10.2 Å². The van der Waals surface area contributed by atoms with Crippen LogP contribution < -0.4 is 16.8 Å². The van der Waals surface area contributed by atoms with Crippen molar-refractivity contribution < 1.29 is 20.1 Å². The molecule has 0 bridgehead atoms. The summed E-state index contributed by atoms with van der Waals surface area (Å²) in [7, 11) is 0. The molecule has 0 aromatic heterocycles. The monoisotopic (exact) mass is 221 g/mol. The first-order valence-electron chi connectivity index (χ1n) is 4.93. The number of ether oxygens (including phenoxy) is 1. The Morgan fingerprint density at radius 3 is 2.47 bits per heavy atom. The Kier molecular flexibility index (Phi) is 4.87. The van der Waals surface area contributed by atoms with Crippen LogP contribution in [0.2, 0.25) is 0 Å². The van der Waals surface area contributed by atoms with Crippen molar-refractivity contribution in [3.63, 3.8) is 0 Å². The van der Waals surface area contributed by atoms with Gasteiger partial charge in [-0.05, 0) is 0 Å². The van der Waals surface area contributed by atoms with Gasteiger partial charge in [0.15, 0.2) is 0 Å². The van der Waals surface area contributed by atoms with Crippen LogP contribution in [0.4, 0.5) is 0 Å². The smallest absolute Gasteiger partial charge is 0.126 e. The van der Waals surface area contributed by atoms with Crippen molar-refractivity contribution in [1.29, 1.82) is 0 Å². The molecule has 0 spiro atoms. The maximum atomic E-state index is 9.58. The van der Waals surface area contributed by atoms with Gasteiger partial charge in [0, 0.05) is 13.1 Å². The fourth-order valence-corrected chi connectivity index (χ4v) is 1.55. The highest BCUT2D eigenvalue weighted by Gasteiger charge is 2.41. The van der Waals surface area contributed by atoms with E-state index in [4.69, 9.17) is 21.3 Å². The molecule has 1 fully saturated rings. The lowest BCUT2D eigenvalue weighted by Gasteiger charge is -2.41. The minimum atomic E-state index is -1.17. The number of aliphatic hydroxyl groups is 3. The Labute approximate surface area is 88.0 Å². The molecule has 1 unspecified atom stereocenters. The molecule has 1 heterocycles. The van der Waals surface area contributed by atoms with Gasteiger partial charge in [0.2, 0.25) is 0 Å². The Bertz CT molecular complexity index is 193. The first kappa shape index (κ1) is 12.8. The highest BCUT2D eigenvalue weighted by Crippen LogP contribution is 2.17. The second-order valence-electron chi connectivity index (χ2n) is 3.58. The van der Waals surface area contributed by atoms with E-state index in [-0.39, 0.29) is 6.61 Å². The molecule has 0 radical (unpaired) electrons. The van der Waals surface area contributed by atoms with E-state index >= 15 is 0 Å². The molecule has 0 aromatic carbocycles. The van der Waals surface area contributed by atoms with Crippen LogP contribution in [0.3, 0.4) is 0 Å². The molecule has 0 amide bonds. The second kappa shape index (κ2) is 5.71. The van der Waals surface area contributed by atoms with Crippen LogP contribution in [0.25, 0.3) is 0 Å². The number of aliphatic hydroxyl groups excluding tert-OH is 3. The molecule has 1 rings (SSSR count). The van der Waals surface area contributed by atoms with Crippen LogP contribution in [-0.2, 0) is 4.74 Å². The van der Waals surface area contributed by atoms with Crippen molar-refractivity contribution in [2.45, 2.75) is 30.6 Å². The number of nitrogens with one attached hydrogen (secondary N) is 1. The Balaban J connectivity index is 2.57. The van der Waals surface area contributed by atoms with E-state index in [1.165, 1.54) is 0 Å². The van der Waals surface area contributed by atoms with Crippen LogP contribution >= 0.6 is 0 Å². The predicted octanol–water partition coefficient (Wildman–Crippen LogP) is -3.70. The van der Waals surface area contributed by atoms with Crippen LogP contribution in [0, 0.1) is 0 Å². The van der Waals surface area contributed by atoms with Gasteiger partial charge in [-0.2, -0.15) is 0 Å². The SMILES string of the molecule is NCCNC1O[C@H](CO)[C@@H](O)[C@H](O)[C@H]1N. The predicted molar refractivity (Wildman–Crippen MR) is 52.8 cm³/mol. The maximum absolute atomic E-state index is 9.58. The van der Waals surface area contributed by atoms with Crippen LogP contribution in [0.5, 0.6) is 0 Å². The third kappa shape index (κ3) is 2.85. The van der Waals surface area contributed by atoms with Crippen molar-refractivity contribution in [3.05, 3.63) is 0 Å². The Hall–Kier alpha value is -0.280. The third-order valence-electron chi connectivity index (χ3n) is 2.47. The molecule has 15 heavy (non-hydrogen) atoms. The summed E-state index contributed by atoms with van der Waals surface area (Å²) >= 11 is 0. The molecule has 0 aliphatic carbocycles. The zero-order chi connectivity index (χ0) is 11.4. The van der Waals surface area contributed by atoms with Gasteiger partial charge in [0.1, 0.15) is 24.5 Å². The molecule has 90 valence electrons. The van der Waals surface area contributed by atoms with Crippen LogP contribution in [0.1, 0.15) is 0 Å². The van der Waals surface area contributed by atoms with Gasteiger partial charge >= 0.3 is 0 Å². The van der Waals surface area contributed by atoms with Gasteiger partial charge in [0.05, 0.1) is 12.6 Å². The van der Waals surface area contributed by atoms with E-state index < -0.39 is 30.6 Å². The summed E-state index contributed by atoms with van der Waals surface area (Å²) in [6.07, 6.45) is -3.72. The van der Waals surface area contributed by atoms with Crippen molar-refractivity contribution in [3.8, 4) is 0 Å². The zero-order valence-electron chi connectivity index (χ0n) is 8.41. The molecule has 7 heteroatoms. The van der Waals surface area contributed by atoms with Gasteiger partial charge in [-0.25, -0.2) is 0 Å². The average Bonchev–Trinajstić information content (AvgIpc) is 2.25. The summed E-state index contributed by atoms with van der Waals surface area (Å²) in [4.78, 5) is 0. The van der Waals surface area contributed by atoms with Gasteiger partial charge in [-0.15, -0.1) is 0 Å². The molecular formula is C8H19N3O4. The van der Waals surface area contributed by atoms with E-state index in [2.05, 4.69) is 5.32 Å². The fraction of sp³-hybridized carbons (Fsp3) is 1.00. The summed E-state index contributed by atoms with van der Waals surface area (Å²) < 4.78 is 5.28. The lowest BCUT2D eigenvalue weighted by atomic mass is 9.97. The first-order valence-corrected chi connectivity index (χ1v) is 4.93. The minimum absolute atomic E-state index is 0.369. The minimum Gasteiger partial charge on any atom is -0.394 e. The summed E-state index contributed by atoms with van der Waals surface area (Å²) in [5, 5.41) is 30.9. The molecule has 8 N–H and O–H groups in total. The maximum Gasteiger partial charge on any atom is 0.126 e. The van der Waals surface area contributed by atoms with Crippen LogP contribution in [-0.4, -0.2) is 65.6 Å². The molecule has 1 aliphatic rings. The lowest BCUT2D eigenvalue weighted by molar-refractivity contribution is -0.196. The van der Waals surface area contributed by atoms with Crippen molar-refractivity contribution in [1.82, 2.24) is 5.32 Å². The summed E-state index contributed by atoms with van der Waals surface area (Å²) in [6.45, 7) is 0.528. The standard InChI is InChI=1S/C8H19N3O4/c9-1-2-11-8-5(10)7(14)6(13)4(3-12)15-8/h4-8,11-14H,1-3,9-10H2/t4-,5-,6-,7-,8?/m1/s1. The van der Waals surface area contributed by atoms with Crippen molar-refractivity contribution in [2.24, 2.45) is 11.5 Å².